The van der Waals surface area contributed by atoms with Crippen LogP contribution in [0.4, 0.5) is 0 Å². The van der Waals surface area contributed by atoms with Crippen LogP contribution in [0.15, 0.2) is 36.4 Å². The molecule has 0 aliphatic heterocycles. The summed E-state index contributed by atoms with van der Waals surface area (Å²) in [6.07, 6.45) is 0. The largest absolute Gasteiger partial charge is 0.482 e. The molecule has 0 spiro atoms. The second kappa shape index (κ2) is 15.3. The van der Waals surface area contributed by atoms with Crippen LogP contribution in [0.25, 0.3) is 21.8 Å². The van der Waals surface area contributed by atoms with Gasteiger partial charge in [-0.1, -0.05) is 0 Å². The smallest absolute Gasteiger partial charge is 0.344 e. The van der Waals surface area contributed by atoms with E-state index in [1.807, 2.05) is 35.1 Å². The van der Waals surface area contributed by atoms with Crippen LogP contribution in [0.1, 0.15) is 59.8 Å². The molecular formula is C34H40N2O10. The molecule has 246 valence electrons. The molecule has 2 aromatic carbocycles. The molecule has 0 atom stereocenters. The van der Waals surface area contributed by atoms with Crippen molar-refractivity contribution in [3.8, 4) is 11.5 Å². The number of rotatable bonds is 15. The molecular weight excluding hydrogens is 596 g/mol. The van der Waals surface area contributed by atoms with E-state index in [0.717, 1.165) is 11.0 Å². The SMILES string of the molecule is CCOC(=O)COc1ccc2c(c1)c(C(=O)OCC)c(C)n2CCn1c(C)c(C(=O)OCC)c2cc(OCC(=O)OCC)ccc21. The first-order valence-corrected chi connectivity index (χ1v) is 15.3. The zero-order valence-electron chi connectivity index (χ0n) is 27.1. The molecule has 0 fully saturated rings. The van der Waals surface area contributed by atoms with Crippen LogP contribution in [0.5, 0.6) is 11.5 Å². The molecule has 0 aliphatic rings. The highest BCUT2D eigenvalue weighted by molar-refractivity contribution is 6.07. The van der Waals surface area contributed by atoms with Crippen molar-refractivity contribution in [2.45, 2.75) is 54.6 Å². The molecule has 2 heterocycles. The minimum atomic E-state index is -0.490. The standard InChI is InChI=1S/C34H40N2O10/c1-7-41-29(37)19-45-23-11-13-27-25(17-23)31(33(39)43-9-3)21(5)35(27)15-16-36-22(6)32(34(40)44-10-4)26-18-24(12-14-28(26)36)46-20-30(38)42-8-2/h11-14,17-18H,7-10,15-16,19-20H2,1-6H3. The highest BCUT2D eigenvalue weighted by Crippen LogP contribution is 2.33. The summed E-state index contributed by atoms with van der Waals surface area (Å²) < 4.78 is 36.0. The third kappa shape index (κ3) is 7.27. The highest BCUT2D eigenvalue weighted by atomic mass is 16.6. The number of ether oxygens (including phenoxy) is 6. The van der Waals surface area contributed by atoms with Gasteiger partial charge in [0.2, 0.25) is 0 Å². The van der Waals surface area contributed by atoms with Crippen LogP contribution in [-0.4, -0.2) is 72.7 Å². The fraction of sp³-hybridized carbons (Fsp3) is 0.412. The molecule has 0 amide bonds. The second-order valence-electron chi connectivity index (χ2n) is 10.2. The fourth-order valence-corrected chi connectivity index (χ4v) is 5.49. The minimum Gasteiger partial charge on any atom is -0.482 e. The molecule has 4 aromatic rings. The minimum absolute atomic E-state index is 0.209. The van der Waals surface area contributed by atoms with Crippen LogP contribution >= 0.6 is 0 Å². The third-order valence-electron chi connectivity index (χ3n) is 7.42. The summed E-state index contributed by atoms with van der Waals surface area (Å²) in [6.45, 7) is 11.9. The Hall–Kier alpha value is -5.00. The first-order chi connectivity index (χ1) is 22.1. The van der Waals surface area contributed by atoms with E-state index in [2.05, 4.69) is 0 Å². The Morgan fingerprint density at radius 1 is 0.565 bits per heavy atom. The summed E-state index contributed by atoms with van der Waals surface area (Å²) in [5.74, 6) is -1.08. The summed E-state index contributed by atoms with van der Waals surface area (Å²) in [5, 5.41) is 1.25. The van der Waals surface area contributed by atoms with Gasteiger partial charge in [-0.2, -0.15) is 0 Å². The normalized spacial score (nSPS) is 11.0. The Balaban J connectivity index is 1.72. The number of benzene rings is 2. The number of carbonyl (C=O) groups excluding carboxylic acids is 4. The topological polar surface area (TPSA) is 134 Å². The van der Waals surface area contributed by atoms with E-state index in [-0.39, 0.29) is 39.6 Å². The van der Waals surface area contributed by atoms with Gasteiger partial charge < -0.3 is 37.6 Å². The van der Waals surface area contributed by atoms with E-state index in [0.29, 0.717) is 57.9 Å². The van der Waals surface area contributed by atoms with Crippen molar-refractivity contribution in [1.82, 2.24) is 9.13 Å². The van der Waals surface area contributed by atoms with Gasteiger partial charge >= 0.3 is 23.9 Å². The van der Waals surface area contributed by atoms with Gasteiger partial charge in [0.25, 0.3) is 0 Å². The Morgan fingerprint density at radius 3 is 1.28 bits per heavy atom. The molecule has 12 heteroatoms. The maximum absolute atomic E-state index is 13.1. The average molecular weight is 637 g/mol. The van der Waals surface area contributed by atoms with Crippen LogP contribution in [0.2, 0.25) is 0 Å². The van der Waals surface area contributed by atoms with Crippen molar-refractivity contribution < 1.29 is 47.6 Å². The van der Waals surface area contributed by atoms with E-state index in [1.54, 1.807) is 52.0 Å². The van der Waals surface area contributed by atoms with Gasteiger partial charge in [0.1, 0.15) is 11.5 Å². The van der Waals surface area contributed by atoms with Gasteiger partial charge in [0.05, 0.1) is 37.6 Å². The number of hydrogen-bond donors (Lipinski definition) is 0. The van der Waals surface area contributed by atoms with Gasteiger partial charge in [0, 0.05) is 46.3 Å². The summed E-state index contributed by atoms with van der Waals surface area (Å²) in [6, 6.07) is 10.6. The van der Waals surface area contributed by atoms with Gasteiger partial charge in [-0.3, -0.25) is 0 Å². The van der Waals surface area contributed by atoms with Crippen LogP contribution in [-0.2, 0) is 41.6 Å². The van der Waals surface area contributed by atoms with Crippen LogP contribution < -0.4 is 9.47 Å². The predicted molar refractivity (Wildman–Crippen MR) is 170 cm³/mol. The van der Waals surface area contributed by atoms with E-state index >= 15 is 0 Å². The lowest BCUT2D eigenvalue weighted by Crippen LogP contribution is -2.14. The maximum Gasteiger partial charge on any atom is 0.344 e. The van der Waals surface area contributed by atoms with Crippen molar-refractivity contribution in [2.75, 3.05) is 39.6 Å². The number of esters is 4. The molecule has 0 saturated carbocycles. The first-order valence-electron chi connectivity index (χ1n) is 15.3. The fourth-order valence-electron chi connectivity index (χ4n) is 5.49. The van der Waals surface area contributed by atoms with Gasteiger partial charge in [-0.15, -0.1) is 0 Å². The van der Waals surface area contributed by atoms with Crippen molar-refractivity contribution in [3.05, 3.63) is 58.9 Å². The molecule has 2 aromatic heterocycles. The molecule has 46 heavy (non-hydrogen) atoms. The van der Waals surface area contributed by atoms with Crippen molar-refractivity contribution in [2.24, 2.45) is 0 Å². The Labute approximate surface area is 267 Å². The van der Waals surface area contributed by atoms with Crippen LogP contribution in [0, 0.1) is 13.8 Å². The Kier molecular flexibility index (Phi) is 11.3. The average Bonchev–Trinajstić information content (AvgIpc) is 3.46. The zero-order chi connectivity index (χ0) is 33.4. The first kappa shape index (κ1) is 33.9. The lowest BCUT2D eigenvalue weighted by Gasteiger charge is -2.13. The number of aryl methyl sites for hydroxylation is 2. The Morgan fingerprint density at radius 2 is 0.935 bits per heavy atom. The molecule has 0 unspecified atom stereocenters. The molecule has 0 bridgehead atoms. The Bertz CT molecular complexity index is 1620. The number of aromatic nitrogens is 2. The maximum atomic E-state index is 13.1. The summed E-state index contributed by atoms with van der Waals surface area (Å²) in [5.41, 5.74) is 3.76. The van der Waals surface area contributed by atoms with Gasteiger partial charge in [-0.25, -0.2) is 19.2 Å². The highest BCUT2D eigenvalue weighted by Gasteiger charge is 2.24. The quantitative estimate of drug-likeness (QED) is 0.127. The van der Waals surface area contributed by atoms with Crippen LogP contribution in [0.3, 0.4) is 0 Å². The van der Waals surface area contributed by atoms with E-state index in [1.165, 1.54) is 0 Å². The number of hydrogen-bond acceptors (Lipinski definition) is 10. The molecule has 0 aliphatic carbocycles. The van der Waals surface area contributed by atoms with E-state index in [9.17, 15) is 19.2 Å². The van der Waals surface area contributed by atoms with Crippen molar-refractivity contribution in [3.63, 3.8) is 0 Å². The van der Waals surface area contributed by atoms with E-state index < -0.39 is 23.9 Å². The van der Waals surface area contributed by atoms with Crippen molar-refractivity contribution >= 4 is 45.7 Å². The number of nitrogens with zero attached hydrogens (tertiary/aromatic N) is 2. The zero-order valence-corrected chi connectivity index (χ0v) is 27.1. The second-order valence-corrected chi connectivity index (χ2v) is 10.2. The summed E-state index contributed by atoms with van der Waals surface area (Å²) >= 11 is 0. The third-order valence-corrected chi connectivity index (χ3v) is 7.42. The molecule has 0 radical (unpaired) electrons. The summed E-state index contributed by atoms with van der Waals surface area (Å²) in [4.78, 5) is 49.9. The predicted octanol–water partition coefficient (Wildman–Crippen LogP) is 5.15. The number of carbonyl (C=O) groups is 4. The van der Waals surface area contributed by atoms with Gasteiger partial charge in [-0.05, 0) is 77.9 Å². The lowest BCUT2D eigenvalue weighted by atomic mass is 10.1. The number of fused-ring (bicyclic) bond motifs is 2. The lowest BCUT2D eigenvalue weighted by molar-refractivity contribution is -0.146. The monoisotopic (exact) mass is 636 g/mol. The summed E-state index contributed by atoms with van der Waals surface area (Å²) in [7, 11) is 0. The molecule has 4 rings (SSSR count). The van der Waals surface area contributed by atoms with E-state index in [4.69, 9.17) is 28.4 Å². The van der Waals surface area contributed by atoms with Gasteiger partial charge in [0.15, 0.2) is 13.2 Å². The molecule has 0 saturated heterocycles. The molecule has 0 N–H and O–H groups in total. The van der Waals surface area contributed by atoms with Crippen molar-refractivity contribution in [1.29, 1.82) is 0 Å². The molecule has 12 nitrogen and oxygen atoms in total.